The van der Waals surface area contributed by atoms with Gasteiger partial charge in [-0.1, -0.05) is 60.1 Å². The number of rotatable bonds is 5. The van der Waals surface area contributed by atoms with Crippen LogP contribution in [0.5, 0.6) is 0 Å². The second-order valence-corrected chi connectivity index (χ2v) is 6.51. The van der Waals surface area contributed by atoms with Crippen molar-refractivity contribution in [2.75, 3.05) is 26.2 Å². The molecule has 2 nitrogen and oxygen atoms in total. The van der Waals surface area contributed by atoms with Crippen LogP contribution in [0.15, 0.2) is 67.3 Å². The summed E-state index contributed by atoms with van der Waals surface area (Å²) in [6, 6.07) is 19.4. The van der Waals surface area contributed by atoms with E-state index in [1.165, 1.54) is 11.1 Å². The number of hydrogen-bond acceptors (Lipinski definition) is 2. The fourth-order valence-corrected chi connectivity index (χ4v) is 3.37. The fourth-order valence-electron chi connectivity index (χ4n) is 3.25. The number of nitrogens with zero attached hydrogens (tertiary/aromatic N) is 2. The van der Waals surface area contributed by atoms with Crippen LogP contribution in [-0.4, -0.2) is 36.0 Å². The van der Waals surface area contributed by atoms with Crippen LogP contribution >= 0.6 is 11.6 Å². The quantitative estimate of drug-likeness (QED) is 0.752. The van der Waals surface area contributed by atoms with E-state index in [1.54, 1.807) is 0 Å². The molecule has 1 heterocycles. The van der Waals surface area contributed by atoms with Gasteiger partial charge in [0.25, 0.3) is 0 Å². The summed E-state index contributed by atoms with van der Waals surface area (Å²) in [6.07, 6.45) is 2.00. The summed E-state index contributed by atoms with van der Waals surface area (Å²) >= 11 is 6.04. The smallest absolute Gasteiger partial charge is 0.0479 e. The number of piperazine rings is 1. The fraction of sp³-hybridized carbons (Fsp3) is 0.300. The minimum atomic E-state index is 0.391. The van der Waals surface area contributed by atoms with Crippen LogP contribution < -0.4 is 0 Å². The second-order valence-electron chi connectivity index (χ2n) is 6.07. The molecule has 2 aromatic rings. The molecule has 0 aromatic heterocycles. The normalized spacial score (nSPS) is 19.6. The molecule has 0 saturated carbocycles. The minimum absolute atomic E-state index is 0.391. The summed E-state index contributed by atoms with van der Waals surface area (Å²) in [6.45, 7) is 9.02. The molecule has 3 heteroatoms. The van der Waals surface area contributed by atoms with E-state index >= 15 is 0 Å². The summed E-state index contributed by atoms with van der Waals surface area (Å²) in [7, 11) is 0. The zero-order valence-electron chi connectivity index (χ0n) is 13.4. The molecule has 0 aliphatic carbocycles. The Balaban J connectivity index is 1.75. The highest BCUT2D eigenvalue weighted by atomic mass is 35.5. The largest absolute Gasteiger partial charge is 0.296 e. The van der Waals surface area contributed by atoms with Crippen LogP contribution in [-0.2, 0) is 6.54 Å². The molecule has 2 aromatic carbocycles. The summed E-state index contributed by atoms with van der Waals surface area (Å²) in [5, 5.41) is 0.793. The molecular formula is C20H23ClN2. The third kappa shape index (κ3) is 4.23. The number of halogens is 1. The molecule has 120 valence electrons. The van der Waals surface area contributed by atoms with Gasteiger partial charge in [-0.2, -0.15) is 0 Å². The van der Waals surface area contributed by atoms with E-state index < -0.39 is 0 Å². The summed E-state index contributed by atoms with van der Waals surface area (Å²) in [5.41, 5.74) is 2.70. The molecule has 0 spiro atoms. The van der Waals surface area contributed by atoms with Crippen molar-refractivity contribution in [2.45, 2.75) is 12.6 Å². The first kappa shape index (κ1) is 16.3. The van der Waals surface area contributed by atoms with E-state index in [4.69, 9.17) is 11.6 Å². The Bertz CT molecular complexity index is 624. The van der Waals surface area contributed by atoms with Crippen molar-refractivity contribution >= 4 is 11.6 Å². The van der Waals surface area contributed by atoms with Crippen LogP contribution in [0.3, 0.4) is 0 Å². The predicted molar refractivity (Wildman–Crippen MR) is 97.7 cm³/mol. The van der Waals surface area contributed by atoms with E-state index in [9.17, 15) is 0 Å². The zero-order valence-corrected chi connectivity index (χ0v) is 14.1. The van der Waals surface area contributed by atoms with Crippen LogP contribution in [0, 0.1) is 0 Å². The molecule has 1 aliphatic heterocycles. The van der Waals surface area contributed by atoms with Gasteiger partial charge in [-0.25, -0.2) is 0 Å². The molecule has 0 amide bonds. The Hall–Kier alpha value is -1.61. The third-order valence-corrected chi connectivity index (χ3v) is 4.69. The first-order valence-corrected chi connectivity index (χ1v) is 8.51. The van der Waals surface area contributed by atoms with E-state index in [1.807, 2.05) is 18.2 Å². The van der Waals surface area contributed by atoms with Crippen LogP contribution in [0.25, 0.3) is 0 Å². The van der Waals surface area contributed by atoms with Crippen molar-refractivity contribution in [1.29, 1.82) is 0 Å². The Kier molecular flexibility index (Phi) is 5.50. The maximum Gasteiger partial charge on any atom is 0.0479 e. The molecule has 1 atom stereocenters. The Morgan fingerprint density at radius 3 is 2.48 bits per heavy atom. The van der Waals surface area contributed by atoms with Crippen molar-refractivity contribution in [3.8, 4) is 0 Å². The number of hydrogen-bond donors (Lipinski definition) is 0. The molecule has 0 N–H and O–H groups in total. The van der Waals surface area contributed by atoms with E-state index in [2.05, 4.69) is 58.8 Å². The summed E-state index contributed by atoms with van der Waals surface area (Å²) in [5.74, 6) is 0. The van der Waals surface area contributed by atoms with Crippen LogP contribution in [0.4, 0.5) is 0 Å². The van der Waals surface area contributed by atoms with E-state index in [0.717, 1.165) is 37.7 Å². The molecule has 23 heavy (non-hydrogen) atoms. The maximum atomic E-state index is 6.04. The average molecular weight is 327 g/mol. The van der Waals surface area contributed by atoms with Gasteiger partial charge in [-0.05, 0) is 23.3 Å². The molecule has 1 aliphatic rings. The van der Waals surface area contributed by atoms with Gasteiger partial charge in [0.1, 0.15) is 0 Å². The van der Waals surface area contributed by atoms with E-state index in [0.29, 0.717) is 6.04 Å². The van der Waals surface area contributed by atoms with Gasteiger partial charge in [0.15, 0.2) is 0 Å². The molecule has 0 unspecified atom stereocenters. The standard InChI is InChI=1S/C20H23ClN2/c1-2-12-23-14-13-22(15-17-6-4-3-5-7-17)16-20(23)18-8-10-19(21)11-9-18/h2-11,20H,1,12-16H2/t20-/m0/s1. The lowest BCUT2D eigenvalue weighted by Gasteiger charge is -2.41. The Morgan fingerprint density at radius 2 is 1.78 bits per heavy atom. The lowest BCUT2D eigenvalue weighted by Crippen LogP contribution is -2.47. The lowest BCUT2D eigenvalue weighted by atomic mass is 10.0. The van der Waals surface area contributed by atoms with Crippen molar-refractivity contribution in [2.24, 2.45) is 0 Å². The lowest BCUT2D eigenvalue weighted by molar-refractivity contribution is 0.0789. The third-order valence-electron chi connectivity index (χ3n) is 4.44. The Morgan fingerprint density at radius 1 is 1.04 bits per heavy atom. The topological polar surface area (TPSA) is 6.48 Å². The summed E-state index contributed by atoms with van der Waals surface area (Å²) in [4.78, 5) is 5.03. The van der Waals surface area contributed by atoms with Gasteiger partial charge >= 0.3 is 0 Å². The highest BCUT2D eigenvalue weighted by Gasteiger charge is 2.27. The highest BCUT2D eigenvalue weighted by molar-refractivity contribution is 6.30. The monoisotopic (exact) mass is 326 g/mol. The molecule has 0 radical (unpaired) electrons. The van der Waals surface area contributed by atoms with Crippen LogP contribution in [0.1, 0.15) is 17.2 Å². The van der Waals surface area contributed by atoms with Gasteiger partial charge in [-0.3, -0.25) is 9.80 Å². The number of benzene rings is 2. The maximum absolute atomic E-state index is 6.04. The van der Waals surface area contributed by atoms with Gasteiger partial charge in [0.05, 0.1) is 0 Å². The van der Waals surface area contributed by atoms with Crippen molar-refractivity contribution < 1.29 is 0 Å². The first-order valence-electron chi connectivity index (χ1n) is 8.13. The average Bonchev–Trinajstić information content (AvgIpc) is 2.58. The van der Waals surface area contributed by atoms with Gasteiger partial charge in [0, 0.05) is 43.8 Å². The van der Waals surface area contributed by atoms with Gasteiger partial charge < -0.3 is 0 Å². The zero-order chi connectivity index (χ0) is 16.1. The molecule has 1 saturated heterocycles. The molecule has 0 bridgehead atoms. The predicted octanol–water partition coefficient (Wildman–Crippen LogP) is 4.38. The van der Waals surface area contributed by atoms with Gasteiger partial charge in [0.2, 0.25) is 0 Å². The first-order chi connectivity index (χ1) is 11.3. The second kappa shape index (κ2) is 7.78. The molecule has 3 rings (SSSR count). The van der Waals surface area contributed by atoms with Gasteiger partial charge in [-0.15, -0.1) is 6.58 Å². The molecular weight excluding hydrogens is 304 g/mol. The molecule has 1 fully saturated rings. The van der Waals surface area contributed by atoms with E-state index in [-0.39, 0.29) is 0 Å². The van der Waals surface area contributed by atoms with Crippen LogP contribution in [0.2, 0.25) is 5.02 Å². The summed E-state index contributed by atoms with van der Waals surface area (Å²) < 4.78 is 0. The highest BCUT2D eigenvalue weighted by Crippen LogP contribution is 2.27. The SMILES string of the molecule is C=CCN1CCN(Cc2ccccc2)C[C@H]1c1ccc(Cl)cc1. The van der Waals surface area contributed by atoms with Crippen molar-refractivity contribution in [3.05, 3.63) is 83.4 Å². The van der Waals surface area contributed by atoms with Crippen molar-refractivity contribution in [1.82, 2.24) is 9.80 Å². The van der Waals surface area contributed by atoms with Crippen molar-refractivity contribution in [3.63, 3.8) is 0 Å². The minimum Gasteiger partial charge on any atom is -0.296 e. The Labute approximate surface area is 144 Å².